The van der Waals surface area contributed by atoms with Crippen LogP contribution in [0.1, 0.15) is 23.6 Å². The van der Waals surface area contributed by atoms with Gasteiger partial charge < -0.3 is 5.32 Å². The number of fused-ring (bicyclic) bond motifs is 2. The Kier molecular flexibility index (Phi) is 3.61. The van der Waals surface area contributed by atoms with E-state index in [1.165, 1.54) is 17.3 Å². The van der Waals surface area contributed by atoms with E-state index < -0.39 is 0 Å². The number of para-hydroxylation sites is 1. The third-order valence-electron chi connectivity index (χ3n) is 4.52. The van der Waals surface area contributed by atoms with Gasteiger partial charge in [0.1, 0.15) is 6.54 Å². The van der Waals surface area contributed by atoms with Gasteiger partial charge in [-0.15, -0.1) is 0 Å². The average Bonchev–Trinajstić information content (AvgIpc) is 3.01. The van der Waals surface area contributed by atoms with Crippen molar-refractivity contribution in [2.24, 2.45) is 0 Å². The van der Waals surface area contributed by atoms with Crippen LogP contribution in [0.2, 0.25) is 0 Å². The standard InChI is InChI=1S/C19H17N3O2/c23-18-11-20-22(17-8-4-3-7-15(17)18)12-19(24)21-16-10-9-13-5-1-2-6-14(13)16/h1-8,11,16H,9-10,12H2,(H,21,24)/t16-/m0/s1. The van der Waals surface area contributed by atoms with Gasteiger partial charge in [-0.05, 0) is 36.1 Å². The molecule has 1 N–H and O–H groups in total. The Morgan fingerprint density at radius 2 is 1.96 bits per heavy atom. The molecule has 0 saturated carbocycles. The fourth-order valence-electron chi connectivity index (χ4n) is 3.37. The minimum absolute atomic E-state index is 0.0549. The summed E-state index contributed by atoms with van der Waals surface area (Å²) < 4.78 is 1.58. The molecule has 0 spiro atoms. The van der Waals surface area contributed by atoms with Crippen molar-refractivity contribution in [2.75, 3.05) is 0 Å². The summed E-state index contributed by atoms with van der Waals surface area (Å²) in [6.45, 7) is 0.0967. The number of aryl methyl sites for hydroxylation is 1. The average molecular weight is 319 g/mol. The van der Waals surface area contributed by atoms with Gasteiger partial charge in [0.25, 0.3) is 0 Å². The summed E-state index contributed by atoms with van der Waals surface area (Å²) in [5.74, 6) is -0.0991. The van der Waals surface area contributed by atoms with Gasteiger partial charge in [0.05, 0.1) is 17.8 Å². The molecular formula is C19H17N3O2. The monoisotopic (exact) mass is 319 g/mol. The first kappa shape index (κ1) is 14.6. The van der Waals surface area contributed by atoms with E-state index in [1.54, 1.807) is 10.7 Å². The molecule has 0 unspecified atom stereocenters. The van der Waals surface area contributed by atoms with Crippen molar-refractivity contribution in [3.05, 3.63) is 76.1 Å². The molecule has 1 heterocycles. The number of carbonyl (C=O) groups excluding carboxylic acids is 1. The van der Waals surface area contributed by atoms with Gasteiger partial charge in [0.2, 0.25) is 11.3 Å². The van der Waals surface area contributed by atoms with Crippen molar-refractivity contribution >= 4 is 16.8 Å². The van der Waals surface area contributed by atoms with Crippen LogP contribution in [0.25, 0.3) is 10.9 Å². The van der Waals surface area contributed by atoms with E-state index in [-0.39, 0.29) is 23.9 Å². The summed E-state index contributed by atoms with van der Waals surface area (Å²) in [6, 6.07) is 15.5. The van der Waals surface area contributed by atoms with E-state index in [0.29, 0.717) is 10.9 Å². The lowest BCUT2D eigenvalue weighted by molar-refractivity contribution is -0.122. The highest BCUT2D eigenvalue weighted by atomic mass is 16.2. The number of nitrogens with one attached hydrogen (secondary N) is 1. The zero-order valence-electron chi connectivity index (χ0n) is 13.1. The minimum Gasteiger partial charge on any atom is -0.348 e. The maximum absolute atomic E-state index is 12.5. The summed E-state index contributed by atoms with van der Waals surface area (Å²) in [7, 11) is 0. The number of amides is 1. The molecule has 3 aromatic rings. The number of benzene rings is 2. The predicted octanol–water partition coefficient (Wildman–Crippen LogP) is 2.20. The fraction of sp³-hybridized carbons (Fsp3) is 0.211. The molecule has 1 aliphatic rings. The number of hydrogen-bond acceptors (Lipinski definition) is 3. The largest absolute Gasteiger partial charge is 0.348 e. The molecule has 24 heavy (non-hydrogen) atoms. The second-order valence-electron chi connectivity index (χ2n) is 6.04. The summed E-state index contributed by atoms with van der Waals surface area (Å²) in [5.41, 5.74) is 3.04. The number of hydrogen-bond donors (Lipinski definition) is 1. The van der Waals surface area contributed by atoms with Gasteiger partial charge in [-0.3, -0.25) is 14.3 Å². The van der Waals surface area contributed by atoms with Crippen molar-refractivity contribution in [3.63, 3.8) is 0 Å². The highest BCUT2D eigenvalue weighted by molar-refractivity contribution is 5.81. The SMILES string of the molecule is O=C(Cn1ncc(=O)c2ccccc21)N[C@H]1CCc2ccccc21. The third kappa shape index (κ3) is 2.58. The minimum atomic E-state index is -0.132. The molecule has 2 aromatic carbocycles. The van der Waals surface area contributed by atoms with Crippen LogP contribution in [0.3, 0.4) is 0 Å². The topological polar surface area (TPSA) is 64.0 Å². The van der Waals surface area contributed by atoms with Gasteiger partial charge in [-0.2, -0.15) is 5.10 Å². The molecule has 0 bridgehead atoms. The number of rotatable bonds is 3. The molecule has 1 aromatic heterocycles. The van der Waals surface area contributed by atoms with Crippen molar-refractivity contribution in [3.8, 4) is 0 Å². The van der Waals surface area contributed by atoms with Gasteiger partial charge in [-0.25, -0.2) is 0 Å². The quantitative estimate of drug-likeness (QED) is 0.805. The highest BCUT2D eigenvalue weighted by Gasteiger charge is 2.23. The van der Waals surface area contributed by atoms with E-state index in [1.807, 2.05) is 30.3 Å². The molecule has 5 nitrogen and oxygen atoms in total. The second-order valence-corrected chi connectivity index (χ2v) is 6.04. The van der Waals surface area contributed by atoms with Gasteiger partial charge in [0.15, 0.2) is 0 Å². The van der Waals surface area contributed by atoms with Crippen molar-refractivity contribution in [1.29, 1.82) is 0 Å². The van der Waals surface area contributed by atoms with E-state index in [0.717, 1.165) is 12.8 Å². The van der Waals surface area contributed by atoms with Crippen LogP contribution in [0.4, 0.5) is 0 Å². The van der Waals surface area contributed by atoms with Crippen LogP contribution in [0.15, 0.2) is 59.5 Å². The summed E-state index contributed by atoms with van der Waals surface area (Å²) in [4.78, 5) is 24.3. The van der Waals surface area contributed by atoms with Gasteiger partial charge in [-0.1, -0.05) is 36.4 Å². The zero-order chi connectivity index (χ0) is 16.5. The maximum Gasteiger partial charge on any atom is 0.242 e. The smallest absolute Gasteiger partial charge is 0.242 e. The van der Waals surface area contributed by atoms with Crippen molar-refractivity contribution in [1.82, 2.24) is 15.1 Å². The van der Waals surface area contributed by atoms with E-state index in [2.05, 4.69) is 22.5 Å². The van der Waals surface area contributed by atoms with Gasteiger partial charge in [0, 0.05) is 5.39 Å². The molecule has 0 radical (unpaired) electrons. The van der Waals surface area contributed by atoms with E-state index in [4.69, 9.17) is 0 Å². The lowest BCUT2D eigenvalue weighted by Gasteiger charge is -2.15. The van der Waals surface area contributed by atoms with Crippen LogP contribution in [-0.4, -0.2) is 15.7 Å². The lowest BCUT2D eigenvalue weighted by atomic mass is 10.1. The molecule has 1 aliphatic carbocycles. The van der Waals surface area contributed by atoms with Crippen LogP contribution in [-0.2, 0) is 17.8 Å². The Hall–Kier alpha value is -2.95. The van der Waals surface area contributed by atoms with Crippen LogP contribution in [0.5, 0.6) is 0 Å². The molecule has 120 valence electrons. The zero-order valence-corrected chi connectivity index (χ0v) is 13.1. The Labute approximate surface area is 138 Å². The fourth-order valence-corrected chi connectivity index (χ4v) is 3.37. The molecule has 0 aliphatic heterocycles. The first-order valence-corrected chi connectivity index (χ1v) is 8.04. The van der Waals surface area contributed by atoms with Crippen LogP contribution in [0, 0.1) is 0 Å². The van der Waals surface area contributed by atoms with Gasteiger partial charge >= 0.3 is 0 Å². The molecule has 0 saturated heterocycles. The molecule has 0 fully saturated rings. The number of carbonyl (C=O) groups is 1. The van der Waals surface area contributed by atoms with Crippen molar-refractivity contribution in [2.45, 2.75) is 25.4 Å². The summed E-state index contributed by atoms with van der Waals surface area (Å²) in [5, 5.41) is 7.77. The molecule has 1 amide bonds. The Bertz CT molecular complexity index is 978. The molecule has 4 rings (SSSR count). The first-order valence-electron chi connectivity index (χ1n) is 8.04. The van der Waals surface area contributed by atoms with E-state index >= 15 is 0 Å². The number of nitrogens with zero attached hydrogens (tertiary/aromatic N) is 2. The summed E-state index contributed by atoms with van der Waals surface area (Å²) in [6.07, 6.45) is 3.17. The van der Waals surface area contributed by atoms with Crippen LogP contribution < -0.4 is 10.7 Å². The highest BCUT2D eigenvalue weighted by Crippen LogP contribution is 2.30. The molecule has 1 atom stereocenters. The normalized spacial score (nSPS) is 16.1. The van der Waals surface area contributed by atoms with Crippen LogP contribution >= 0.6 is 0 Å². The van der Waals surface area contributed by atoms with E-state index in [9.17, 15) is 9.59 Å². The number of aromatic nitrogens is 2. The predicted molar refractivity (Wildman–Crippen MR) is 91.6 cm³/mol. The third-order valence-corrected chi connectivity index (χ3v) is 4.52. The molecular weight excluding hydrogens is 302 g/mol. The Morgan fingerprint density at radius 1 is 1.17 bits per heavy atom. The van der Waals surface area contributed by atoms with Crippen molar-refractivity contribution < 1.29 is 4.79 Å². The molecule has 5 heteroatoms. The lowest BCUT2D eigenvalue weighted by Crippen LogP contribution is -2.31. The Balaban J connectivity index is 1.56. The maximum atomic E-state index is 12.5. The second kappa shape index (κ2) is 5.92. The summed E-state index contributed by atoms with van der Waals surface area (Å²) >= 11 is 0. The first-order chi connectivity index (χ1) is 11.7. The Morgan fingerprint density at radius 3 is 2.88 bits per heavy atom.